The van der Waals surface area contributed by atoms with Gasteiger partial charge < -0.3 is 5.32 Å². The van der Waals surface area contributed by atoms with Crippen molar-refractivity contribution < 1.29 is 14.4 Å². The summed E-state index contributed by atoms with van der Waals surface area (Å²) in [5.74, 6) is -0.859. The summed E-state index contributed by atoms with van der Waals surface area (Å²) in [6, 6.07) is 7.79. The van der Waals surface area contributed by atoms with Crippen molar-refractivity contribution in [3.05, 3.63) is 51.4 Å². The predicted octanol–water partition coefficient (Wildman–Crippen LogP) is 3.37. The number of benzene rings is 1. The highest BCUT2D eigenvalue weighted by molar-refractivity contribution is 7.16. The predicted molar refractivity (Wildman–Crippen MR) is 105 cm³/mol. The Balaban J connectivity index is 1.58. The number of anilines is 1. The number of nitriles is 1. The van der Waals surface area contributed by atoms with Crippen molar-refractivity contribution >= 4 is 34.1 Å². The van der Waals surface area contributed by atoms with Gasteiger partial charge in [-0.25, -0.2) is 0 Å². The van der Waals surface area contributed by atoms with Crippen LogP contribution in [0.1, 0.15) is 57.0 Å². The number of hydrogen-bond donors (Lipinski definition) is 1. The number of rotatable bonds is 3. The molecule has 1 aliphatic heterocycles. The van der Waals surface area contributed by atoms with E-state index in [-0.39, 0.29) is 0 Å². The summed E-state index contributed by atoms with van der Waals surface area (Å²) in [7, 11) is 0. The Labute approximate surface area is 166 Å². The Morgan fingerprint density at radius 2 is 1.93 bits per heavy atom. The minimum Gasteiger partial charge on any atom is -0.315 e. The molecule has 1 N–H and O–H groups in total. The fraction of sp³-hybridized carbons (Fsp3) is 0.333. The first kappa shape index (κ1) is 18.4. The van der Waals surface area contributed by atoms with Crippen LogP contribution in [0, 0.1) is 17.2 Å². The lowest BCUT2D eigenvalue weighted by molar-refractivity contribution is -0.119. The number of nitrogens with zero attached hydrogens (tertiary/aromatic N) is 2. The molecular formula is C21H19N3O3S. The van der Waals surface area contributed by atoms with Gasteiger partial charge in [0.15, 0.2) is 0 Å². The first-order valence-electron chi connectivity index (χ1n) is 9.24. The van der Waals surface area contributed by atoms with Gasteiger partial charge in [-0.05, 0) is 49.8 Å². The normalized spacial score (nSPS) is 19.0. The molecule has 1 aromatic heterocycles. The molecule has 1 aliphatic carbocycles. The van der Waals surface area contributed by atoms with Crippen LogP contribution in [0.5, 0.6) is 0 Å². The summed E-state index contributed by atoms with van der Waals surface area (Å²) in [4.78, 5) is 40.2. The van der Waals surface area contributed by atoms with Gasteiger partial charge in [-0.15, -0.1) is 11.3 Å². The number of nitrogens with one attached hydrogen (secondary N) is 1. The zero-order chi connectivity index (χ0) is 20.0. The van der Waals surface area contributed by atoms with Gasteiger partial charge in [0.05, 0.1) is 16.7 Å². The second-order valence-corrected chi connectivity index (χ2v) is 8.46. The van der Waals surface area contributed by atoms with E-state index >= 15 is 0 Å². The van der Waals surface area contributed by atoms with Crippen LogP contribution in [-0.4, -0.2) is 28.7 Å². The smallest absolute Gasteiger partial charge is 0.262 e. The van der Waals surface area contributed by atoms with E-state index in [2.05, 4.69) is 18.3 Å². The Kier molecular flexibility index (Phi) is 4.52. The van der Waals surface area contributed by atoms with Crippen molar-refractivity contribution in [2.24, 2.45) is 5.92 Å². The maximum Gasteiger partial charge on any atom is 0.262 e. The molecule has 2 unspecified atom stereocenters. The molecule has 6 nitrogen and oxygen atoms in total. The average molecular weight is 393 g/mol. The third-order valence-electron chi connectivity index (χ3n) is 5.45. The minimum atomic E-state index is -0.975. The number of carbonyl (C=O) groups is 3. The fourth-order valence-electron chi connectivity index (χ4n) is 3.85. The lowest BCUT2D eigenvalue weighted by Gasteiger charge is -2.21. The quantitative estimate of drug-likeness (QED) is 0.810. The van der Waals surface area contributed by atoms with Crippen molar-refractivity contribution in [1.82, 2.24) is 4.90 Å². The van der Waals surface area contributed by atoms with Gasteiger partial charge in [0.1, 0.15) is 17.1 Å². The Bertz CT molecular complexity index is 1010. The first-order chi connectivity index (χ1) is 13.4. The molecule has 0 spiro atoms. The summed E-state index contributed by atoms with van der Waals surface area (Å²) in [6.45, 7) is 3.70. The number of imide groups is 1. The molecule has 1 aromatic carbocycles. The molecule has 28 heavy (non-hydrogen) atoms. The van der Waals surface area contributed by atoms with E-state index < -0.39 is 23.8 Å². The van der Waals surface area contributed by atoms with Gasteiger partial charge in [-0.1, -0.05) is 19.1 Å². The van der Waals surface area contributed by atoms with Gasteiger partial charge in [0.25, 0.3) is 11.8 Å². The van der Waals surface area contributed by atoms with Crippen LogP contribution in [-0.2, 0) is 17.6 Å². The van der Waals surface area contributed by atoms with E-state index in [9.17, 15) is 19.6 Å². The maximum absolute atomic E-state index is 12.8. The molecule has 0 radical (unpaired) electrons. The highest BCUT2D eigenvalue weighted by Gasteiger charge is 2.41. The van der Waals surface area contributed by atoms with Crippen LogP contribution in [0.25, 0.3) is 0 Å². The van der Waals surface area contributed by atoms with E-state index in [1.165, 1.54) is 18.3 Å². The van der Waals surface area contributed by atoms with Crippen molar-refractivity contribution in [3.63, 3.8) is 0 Å². The van der Waals surface area contributed by atoms with Crippen molar-refractivity contribution in [3.8, 4) is 6.07 Å². The molecule has 2 aromatic rings. The molecular weight excluding hydrogens is 374 g/mol. The van der Waals surface area contributed by atoms with E-state index in [1.807, 2.05) is 0 Å². The van der Waals surface area contributed by atoms with E-state index in [1.54, 1.807) is 24.3 Å². The number of carbonyl (C=O) groups excluding carboxylic acids is 3. The second kappa shape index (κ2) is 6.88. The average Bonchev–Trinajstić information content (AvgIpc) is 3.15. The molecule has 0 saturated carbocycles. The molecule has 3 amide bonds. The minimum absolute atomic E-state index is 0.311. The van der Waals surface area contributed by atoms with Crippen LogP contribution in [0.3, 0.4) is 0 Å². The summed E-state index contributed by atoms with van der Waals surface area (Å²) in [6.07, 6.45) is 2.76. The van der Waals surface area contributed by atoms with Crippen molar-refractivity contribution in [2.45, 2.75) is 39.2 Å². The molecule has 0 fully saturated rings. The molecule has 0 bridgehead atoms. The SMILES string of the molecule is CC1CCc2c(sc(NC(=O)C(C)N3C(=O)c4ccccc4C3=O)c2C#N)C1. The van der Waals surface area contributed by atoms with Crippen LogP contribution in [0.4, 0.5) is 5.00 Å². The summed E-state index contributed by atoms with van der Waals surface area (Å²) in [5, 5.41) is 12.9. The summed E-state index contributed by atoms with van der Waals surface area (Å²) in [5.41, 5.74) is 2.15. The summed E-state index contributed by atoms with van der Waals surface area (Å²) >= 11 is 1.42. The second-order valence-electron chi connectivity index (χ2n) is 7.36. The van der Waals surface area contributed by atoms with Crippen LogP contribution in [0.15, 0.2) is 24.3 Å². The van der Waals surface area contributed by atoms with E-state index in [0.717, 1.165) is 34.6 Å². The Hall–Kier alpha value is -2.98. The first-order valence-corrected chi connectivity index (χ1v) is 10.1. The maximum atomic E-state index is 12.8. The number of amides is 3. The molecule has 2 heterocycles. The number of fused-ring (bicyclic) bond motifs is 2. The standard InChI is InChI=1S/C21H19N3O3S/c1-11-7-8-13-16(10-22)19(28-17(13)9-11)23-18(25)12(2)24-20(26)14-5-3-4-6-15(14)21(24)27/h3-6,11-12H,7-9H2,1-2H3,(H,23,25). The Morgan fingerprint density at radius 3 is 2.54 bits per heavy atom. The largest absolute Gasteiger partial charge is 0.315 e. The van der Waals surface area contributed by atoms with Gasteiger partial charge in [0, 0.05) is 4.88 Å². The van der Waals surface area contributed by atoms with Crippen LogP contribution >= 0.6 is 11.3 Å². The van der Waals surface area contributed by atoms with Crippen LogP contribution < -0.4 is 5.32 Å². The fourth-order valence-corrected chi connectivity index (χ4v) is 5.21. The molecule has 2 aliphatic rings. The van der Waals surface area contributed by atoms with Gasteiger partial charge in [-0.2, -0.15) is 5.26 Å². The van der Waals surface area contributed by atoms with Crippen LogP contribution in [0.2, 0.25) is 0 Å². The number of thiophene rings is 1. The monoisotopic (exact) mass is 393 g/mol. The Morgan fingerprint density at radius 1 is 1.29 bits per heavy atom. The molecule has 142 valence electrons. The third kappa shape index (κ3) is 2.81. The zero-order valence-corrected chi connectivity index (χ0v) is 16.4. The lowest BCUT2D eigenvalue weighted by atomic mass is 9.88. The lowest BCUT2D eigenvalue weighted by Crippen LogP contribution is -2.45. The van der Waals surface area contributed by atoms with Crippen molar-refractivity contribution in [1.29, 1.82) is 5.26 Å². The molecule has 7 heteroatoms. The molecule has 2 atom stereocenters. The summed E-state index contributed by atoms with van der Waals surface area (Å²) < 4.78 is 0. The molecule has 4 rings (SSSR count). The van der Waals surface area contributed by atoms with Gasteiger partial charge in [0.2, 0.25) is 5.91 Å². The highest BCUT2D eigenvalue weighted by atomic mass is 32.1. The van der Waals surface area contributed by atoms with Crippen molar-refractivity contribution in [2.75, 3.05) is 5.32 Å². The molecule has 0 saturated heterocycles. The number of hydrogen-bond acceptors (Lipinski definition) is 5. The van der Waals surface area contributed by atoms with Gasteiger partial charge >= 0.3 is 0 Å². The zero-order valence-electron chi connectivity index (χ0n) is 15.6. The van der Waals surface area contributed by atoms with E-state index in [0.29, 0.717) is 27.6 Å². The highest BCUT2D eigenvalue weighted by Crippen LogP contribution is 2.39. The topological polar surface area (TPSA) is 90.3 Å². The van der Waals surface area contributed by atoms with E-state index in [4.69, 9.17) is 0 Å². The third-order valence-corrected chi connectivity index (χ3v) is 6.62. The van der Waals surface area contributed by atoms with Gasteiger partial charge in [-0.3, -0.25) is 19.3 Å².